The van der Waals surface area contributed by atoms with E-state index in [2.05, 4.69) is 5.32 Å². The molecule has 9 heteroatoms. The van der Waals surface area contributed by atoms with E-state index < -0.39 is 35.6 Å². The Morgan fingerprint density at radius 3 is 2.15 bits per heavy atom. The van der Waals surface area contributed by atoms with Gasteiger partial charge in [-0.3, -0.25) is 39.1 Å². The van der Waals surface area contributed by atoms with Crippen molar-refractivity contribution in [3.8, 4) is 0 Å². The number of imide groups is 2. The molecule has 5 amide bonds. The summed E-state index contributed by atoms with van der Waals surface area (Å²) >= 11 is 0. The van der Waals surface area contributed by atoms with Crippen molar-refractivity contribution in [1.29, 1.82) is 0 Å². The predicted molar refractivity (Wildman–Crippen MR) is 86.4 cm³/mol. The summed E-state index contributed by atoms with van der Waals surface area (Å²) in [7, 11) is 0. The van der Waals surface area contributed by atoms with Crippen LogP contribution in [0.15, 0.2) is 12.1 Å². The number of piperidine rings is 1. The molecule has 3 aliphatic heterocycles. The van der Waals surface area contributed by atoms with Crippen molar-refractivity contribution in [1.82, 2.24) is 15.1 Å². The molecule has 3 heterocycles. The molecule has 1 atom stereocenters. The topological polar surface area (TPSA) is 130 Å². The normalized spacial score (nSPS) is 22.5. The maximum Gasteiger partial charge on any atom is 0.262 e. The maximum absolute atomic E-state index is 12.7. The number of nitrogens with two attached hydrogens (primary N) is 1. The van der Waals surface area contributed by atoms with Gasteiger partial charge in [0.2, 0.25) is 17.7 Å². The van der Waals surface area contributed by atoms with Gasteiger partial charge >= 0.3 is 0 Å². The number of rotatable bonds is 3. The first-order valence-electron chi connectivity index (χ1n) is 8.23. The molecule has 0 aromatic heterocycles. The fourth-order valence-electron chi connectivity index (χ4n) is 3.77. The average Bonchev–Trinajstić information content (AvgIpc) is 3.05. The number of hydrogen-bond donors (Lipinski definition) is 2. The van der Waals surface area contributed by atoms with E-state index >= 15 is 0 Å². The van der Waals surface area contributed by atoms with Crippen molar-refractivity contribution in [3.05, 3.63) is 34.4 Å². The van der Waals surface area contributed by atoms with Crippen LogP contribution in [0, 0.1) is 0 Å². The lowest BCUT2D eigenvalue weighted by molar-refractivity contribution is -0.136. The van der Waals surface area contributed by atoms with E-state index in [1.165, 1.54) is 0 Å². The monoisotopic (exact) mass is 356 g/mol. The predicted octanol–water partition coefficient (Wildman–Crippen LogP) is -1.11. The molecule has 1 aromatic carbocycles. The molecule has 1 unspecified atom stereocenters. The lowest BCUT2D eigenvalue weighted by Gasteiger charge is -2.27. The van der Waals surface area contributed by atoms with Gasteiger partial charge in [0.1, 0.15) is 6.04 Å². The average molecular weight is 356 g/mol. The molecule has 134 valence electrons. The number of nitrogens with one attached hydrogen (secondary N) is 1. The molecule has 9 nitrogen and oxygen atoms in total. The summed E-state index contributed by atoms with van der Waals surface area (Å²) in [6, 6.07) is 2.33. The van der Waals surface area contributed by atoms with E-state index in [0.717, 1.165) is 16.0 Å². The molecular formula is C17H16N4O5. The zero-order chi connectivity index (χ0) is 18.6. The van der Waals surface area contributed by atoms with Crippen LogP contribution in [-0.2, 0) is 27.5 Å². The van der Waals surface area contributed by atoms with Crippen molar-refractivity contribution in [3.63, 3.8) is 0 Å². The van der Waals surface area contributed by atoms with Crippen LogP contribution in [0.2, 0.25) is 0 Å². The van der Waals surface area contributed by atoms with Crippen LogP contribution in [0.3, 0.4) is 0 Å². The summed E-state index contributed by atoms with van der Waals surface area (Å²) < 4.78 is 0. The zero-order valence-corrected chi connectivity index (χ0v) is 13.8. The number of primary amides is 1. The van der Waals surface area contributed by atoms with E-state index in [-0.39, 0.29) is 30.5 Å². The van der Waals surface area contributed by atoms with Gasteiger partial charge in [-0.1, -0.05) is 0 Å². The van der Waals surface area contributed by atoms with Crippen LogP contribution in [0.1, 0.15) is 44.7 Å². The minimum atomic E-state index is -0.971. The molecule has 1 aromatic rings. The van der Waals surface area contributed by atoms with Crippen LogP contribution in [0.25, 0.3) is 0 Å². The first kappa shape index (κ1) is 16.4. The summed E-state index contributed by atoms with van der Waals surface area (Å²) in [4.78, 5) is 62.7. The number of benzene rings is 1. The summed E-state index contributed by atoms with van der Waals surface area (Å²) in [5.74, 6) is -2.54. The Labute approximate surface area is 148 Å². The Balaban J connectivity index is 1.62. The Hall–Kier alpha value is -3.07. The van der Waals surface area contributed by atoms with Crippen molar-refractivity contribution in [2.24, 2.45) is 5.73 Å². The molecule has 0 bridgehead atoms. The highest BCUT2D eigenvalue weighted by Crippen LogP contribution is 2.33. The summed E-state index contributed by atoms with van der Waals surface area (Å²) in [6.45, 7) is 1.03. The number of carbonyl (C=O) groups excluding carboxylic acids is 5. The summed E-state index contributed by atoms with van der Waals surface area (Å²) in [6.07, 6.45) is 0.213. The van der Waals surface area contributed by atoms with E-state index in [9.17, 15) is 24.0 Å². The van der Waals surface area contributed by atoms with Crippen LogP contribution in [0.5, 0.6) is 0 Å². The summed E-state index contributed by atoms with van der Waals surface area (Å²) in [5, 5.41) is 2.17. The molecule has 1 fully saturated rings. The van der Waals surface area contributed by atoms with Gasteiger partial charge in [0, 0.05) is 19.5 Å². The number of hydrogen-bond acceptors (Lipinski definition) is 6. The van der Waals surface area contributed by atoms with Gasteiger partial charge in [-0.25, -0.2) is 0 Å². The number of amides is 5. The van der Waals surface area contributed by atoms with E-state index in [4.69, 9.17) is 5.73 Å². The highest BCUT2D eigenvalue weighted by molar-refractivity contribution is 6.23. The van der Waals surface area contributed by atoms with Gasteiger partial charge < -0.3 is 5.73 Å². The Kier molecular flexibility index (Phi) is 3.62. The summed E-state index contributed by atoms with van der Waals surface area (Å²) in [5.41, 5.74) is 7.43. The Morgan fingerprint density at radius 1 is 1.08 bits per heavy atom. The highest BCUT2D eigenvalue weighted by atomic mass is 16.2. The standard InChI is InChI=1S/C17H16N4O5/c18-13(22)7-20-5-8-3-10-11(4-9(8)6-20)17(26)21(16(10)25)12-1-2-14(23)19-15(12)24/h3-4,12H,1-2,5-7H2,(H2,18,22)(H,19,23,24). The Morgan fingerprint density at radius 2 is 1.65 bits per heavy atom. The second-order valence-corrected chi connectivity index (χ2v) is 6.73. The lowest BCUT2D eigenvalue weighted by atomic mass is 10.0. The largest absolute Gasteiger partial charge is 0.369 e. The van der Waals surface area contributed by atoms with Gasteiger partial charge in [-0.15, -0.1) is 0 Å². The van der Waals surface area contributed by atoms with Gasteiger partial charge in [0.25, 0.3) is 11.8 Å². The smallest absolute Gasteiger partial charge is 0.262 e. The van der Waals surface area contributed by atoms with Gasteiger partial charge in [0.15, 0.2) is 0 Å². The fourth-order valence-corrected chi connectivity index (χ4v) is 3.77. The zero-order valence-electron chi connectivity index (χ0n) is 13.8. The van der Waals surface area contributed by atoms with Crippen LogP contribution >= 0.6 is 0 Å². The molecule has 0 saturated carbocycles. The van der Waals surface area contributed by atoms with Crippen LogP contribution in [0.4, 0.5) is 0 Å². The minimum absolute atomic E-state index is 0.0857. The second-order valence-electron chi connectivity index (χ2n) is 6.73. The third-order valence-corrected chi connectivity index (χ3v) is 4.93. The van der Waals surface area contributed by atoms with Gasteiger partial charge in [-0.05, 0) is 29.7 Å². The SMILES string of the molecule is NC(=O)CN1Cc2cc3c(cc2C1)C(=O)N(C1CCC(=O)NC1=O)C3=O. The lowest BCUT2D eigenvalue weighted by Crippen LogP contribution is -2.54. The first-order valence-corrected chi connectivity index (χ1v) is 8.23. The fraction of sp³-hybridized carbons (Fsp3) is 0.353. The molecule has 0 radical (unpaired) electrons. The van der Waals surface area contributed by atoms with E-state index in [0.29, 0.717) is 13.1 Å². The van der Waals surface area contributed by atoms with Crippen molar-refractivity contribution in [2.75, 3.05) is 6.54 Å². The first-order chi connectivity index (χ1) is 12.3. The molecule has 3 aliphatic rings. The maximum atomic E-state index is 12.7. The number of carbonyl (C=O) groups is 5. The highest BCUT2D eigenvalue weighted by Gasteiger charge is 2.45. The quantitative estimate of drug-likeness (QED) is 0.661. The van der Waals surface area contributed by atoms with Crippen molar-refractivity contribution < 1.29 is 24.0 Å². The van der Waals surface area contributed by atoms with Crippen molar-refractivity contribution in [2.45, 2.75) is 32.0 Å². The van der Waals surface area contributed by atoms with E-state index in [1.54, 1.807) is 12.1 Å². The molecule has 26 heavy (non-hydrogen) atoms. The van der Waals surface area contributed by atoms with Gasteiger partial charge in [-0.2, -0.15) is 0 Å². The Bertz CT molecular complexity index is 848. The van der Waals surface area contributed by atoms with Crippen LogP contribution in [-0.4, -0.2) is 51.9 Å². The molecule has 0 spiro atoms. The third kappa shape index (κ3) is 2.48. The molecule has 1 saturated heterocycles. The molecule has 4 rings (SSSR count). The third-order valence-electron chi connectivity index (χ3n) is 4.93. The minimum Gasteiger partial charge on any atom is -0.369 e. The van der Waals surface area contributed by atoms with Crippen LogP contribution < -0.4 is 11.1 Å². The van der Waals surface area contributed by atoms with Crippen molar-refractivity contribution >= 4 is 29.5 Å². The molecular weight excluding hydrogens is 340 g/mol. The molecule has 3 N–H and O–H groups in total. The number of nitrogens with zero attached hydrogens (tertiary/aromatic N) is 2. The second kappa shape index (κ2) is 5.73. The number of fused-ring (bicyclic) bond motifs is 2. The van der Waals surface area contributed by atoms with E-state index in [1.807, 2.05) is 4.90 Å². The molecule has 0 aliphatic carbocycles. The van der Waals surface area contributed by atoms with Gasteiger partial charge in [0.05, 0.1) is 17.7 Å².